The van der Waals surface area contributed by atoms with Gasteiger partial charge in [-0.3, -0.25) is 4.79 Å². The van der Waals surface area contributed by atoms with Crippen molar-refractivity contribution >= 4 is 5.91 Å². The Hall–Kier alpha value is -2.63. The molecule has 0 bridgehead atoms. The first-order valence-electron chi connectivity index (χ1n) is 8.28. The predicted octanol–water partition coefficient (Wildman–Crippen LogP) is 3.04. The summed E-state index contributed by atoms with van der Waals surface area (Å²) >= 11 is 0. The molecule has 0 unspecified atom stereocenters. The van der Waals surface area contributed by atoms with E-state index in [0.29, 0.717) is 29.4 Å². The van der Waals surface area contributed by atoms with Crippen molar-refractivity contribution in [3.63, 3.8) is 0 Å². The molecule has 2 heterocycles. The average Bonchev–Trinajstić information content (AvgIpc) is 3.02. The van der Waals surface area contributed by atoms with E-state index in [0.717, 1.165) is 12.2 Å². The number of rotatable bonds is 4. The van der Waals surface area contributed by atoms with Crippen LogP contribution in [0, 0.1) is 6.92 Å². The van der Waals surface area contributed by atoms with Gasteiger partial charge in [-0.2, -0.15) is 0 Å². The first-order valence-corrected chi connectivity index (χ1v) is 8.28. The number of aryl methyl sites for hydroxylation is 1. The number of nitrogens with zero attached hydrogens (tertiary/aromatic N) is 2. The fourth-order valence-electron chi connectivity index (χ4n) is 3.47. The molecule has 1 amide bonds. The molecule has 0 radical (unpaired) electrons. The van der Waals surface area contributed by atoms with E-state index in [1.165, 1.54) is 5.69 Å². The van der Waals surface area contributed by atoms with Crippen LogP contribution in [-0.4, -0.2) is 43.2 Å². The van der Waals surface area contributed by atoms with Gasteiger partial charge in [-0.15, -0.1) is 0 Å². The van der Waals surface area contributed by atoms with E-state index < -0.39 is 0 Å². The summed E-state index contributed by atoms with van der Waals surface area (Å²) in [4.78, 5) is 15.0. The Kier molecular flexibility index (Phi) is 4.61. The standard InChI is InChI=1S/C19H24N2O4/c1-12-6-7-15-13(2)21(9-8-20(12)15)19(22)14-10-16(23-3)18(25-5)17(11-14)24-4/h6-7,10-11,13H,8-9H2,1-5H3/t13-/m0/s1. The second kappa shape index (κ2) is 6.70. The lowest BCUT2D eigenvalue weighted by Gasteiger charge is -2.35. The number of methoxy groups -OCH3 is 3. The quantitative estimate of drug-likeness (QED) is 0.855. The number of ether oxygens (including phenoxy) is 3. The molecular formula is C19H24N2O4. The van der Waals surface area contributed by atoms with Crippen molar-refractivity contribution < 1.29 is 19.0 Å². The van der Waals surface area contributed by atoms with Crippen molar-refractivity contribution in [2.24, 2.45) is 0 Å². The zero-order valence-electron chi connectivity index (χ0n) is 15.3. The molecule has 2 aromatic rings. The smallest absolute Gasteiger partial charge is 0.254 e. The Bertz CT molecular complexity index is 772. The molecule has 1 atom stereocenters. The van der Waals surface area contributed by atoms with Crippen molar-refractivity contribution in [1.29, 1.82) is 0 Å². The summed E-state index contributed by atoms with van der Waals surface area (Å²) in [5, 5.41) is 0. The third-order valence-corrected chi connectivity index (χ3v) is 4.87. The molecule has 6 heteroatoms. The van der Waals surface area contributed by atoms with Crippen LogP contribution in [0.5, 0.6) is 17.2 Å². The lowest BCUT2D eigenvalue weighted by atomic mass is 10.1. The highest BCUT2D eigenvalue weighted by atomic mass is 16.5. The van der Waals surface area contributed by atoms with Gasteiger partial charge in [-0.25, -0.2) is 0 Å². The van der Waals surface area contributed by atoms with Gasteiger partial charge in [0.15, 0.2) is 11.5 Å². The number of carbonyl (C=O) groups is 1. The van der Waals surface area contributed by atoms with E-state index >= 15 is 0 Å². The summed E-state index contributed by atoms with van der Waals surface area (Å²) in [5.41, 5.74) is 2.91. The second-order valence-electron chi connectivity index (χ2n) is 6.14. The summed E-state index contributed by atoms with van der Waals surface area (Å²) in [6, 6.07) is 7.60. The van der Waals surface area contributed by atoms with Gasteiger partial charge in [-0.05, 0) is 38.1 Å². The zero-order chi connectivity index (χ0) is 18.1. The van der Waals surface area contributed by atoms with Crippen LogP contribution >= 0.6 is 0 Å². The topological polar surface area (TPSA) is 52.9 Å². The minimum atomic E-state index is -0.0446. The molecule has 1 aliphatic rings. The van der Waals surface area contributed by atoms with Crippen LogP contribution < -0.4 is 14.2 Å². The summed E-state index contributed by atoms with van der Waals surface area (Å²) in [5.74, 6) is 1.40. The number of aromatic nitrogens is 1. The van der Waals surface area contributed by atoms with Gasteiger partial charge in [0.1, 0.15) is 0 Å². The molecule has 0 N–H and O–H groups in total. The van der Waals surface area contributed by atoms with Crippen LogP contribution in [0.3, 0.4) is 0 Å². The third-order valence-electron chi connectivity index (χ3n) is 4.87. The number of benzene rings is 1. The third kappa shape index (κ3) is 2.81. The Morgan fingerprint density at radius 1 is 1.04 bits per heavy atom. The first kappa shape index (κ1) is 17.2. The Balaban J connectivity index is 1.96. The number of hydrogen-bond donors (Lipinski definition) is 0. The first-order chi connectivity index (χ1) is 12.0. The molecule has 0 aliphatic carbocycles. The van der Waals surface area contributed by atoms with Crippen LogP contribution in [0.2, 0.25) is 0 Å². The van der Waals surface area contributed by atoms with Crippen molar-refractivity contribution in [2.75, 3.05) is 27.9 Å². The highest BCUT2D eigenvalue weighted by Gasteiger charge is 2.30. The van der Waals surface area contributed by atoms with Crippen molar-refractivity contribution in [3.05, 3.63) is 41.2 Å². The SMILES string of the molecule is COc1cc(C(=O)N2CCn3c(C)ccc3[C@@H]2C)cc(OC)c1OC. The highest BCUT2D eigenvalue weighted by molar-refractivity contribution is 5.96. The molecule has 3 rings (SSSR count). The predicted molar refractivity (Wildman–Crippen MR) is 94.7 cm³/mol. The summed E-state index contributed by atoms with van der Waals surface area (Å²) in [7, 11) is 4.64. The van der Waals surface area contributed by atoms with Crippen LogP contribution in [0.4, 0.5) is 0 Å². The fourth-order valence-corrected chi connectivity index (χ4v) is 3.47. The van der Waals surface area contributed by atoms with Crippen LogP contribution in [0.25, 0.3) is 0 Å². The van der Waals surface area contributed by atoms with E-state index in [-0.39, 0.29) is 11.9 Å². The largest absolute Gasteiger partial charge is 0.493 e. The number of hydrogen-bond acceptors (Lipinski definition) is 4. The average molecular weight is 344 g/mol. The van der Waals surface area contributed by atoms with Gasteiger partial charge in [0.2, 0.25) is 5.75 Å². The Morgan fingerprint density at radius 3 is 2.24 bits per heavy atom. The summed E-state index contributed by atoms with van der Waals surface area (Å²) in [6.07, 6.45) is 0. The second-order valence-corrected chi connectivity index (χ2v) is 6.14. The minimum absolute atomic E-state index is 0.00837. The number of amides is 1. The Morgan fingerprint density at radius 2 is 1.68 bits per heavy atom. The van der Waals surface area contributed by atoms with E-state index in [9.17, 15) is 4.79 Å². The molecule has 0 spiro atoms. The van der Waals surface area contributed by atoms with Gasteiger partial charge in [0.05, 0.1) is 27.4 Å². The fraction of sp³-hybridized carbons (Fsp3) is 0.421. The Labute approximate surface area is 147 Å². The van der Waals surface area contributed by atoms with Gasteiger partial charge in [-0.1, -0.05) is 0 Å². The number of fused-ring (bicyclic) bond motifs is 1. The minimum Gasteiger partial charge on any atom is -0.493 e. The van der Waals surface area contributed by atoms with Gasteiger partial charge in [0.25, 0.3) is 5.91 Å². The molecular weight excluding hydrogens is 320 g/mol. The maximum Gasteiger partial charge on any atom is 0.254 e. The van der Waals surface area contributed by atoms with Crippen LogP contribution in [-0.2, 0) is 6.54 Å². The van der Waals surface area contributed by atoms with Gasteiger partial charge < -0.3 is 23.7 Å². The molecule has 1 aromatic heterocycles. The molecule has 1 aliphatic heterocycles. The highest BCUT2D eigenvalue weighted by Crippen LogP contribution is 2.39. The van der Waals surface area contributed by atoms with Crippen molar-refractivity contribution in [1.82, 2.24) is 9.47 Å². The monoisotopic (exact) mass is 344 g/mol. The zero-order valence-corrected chi connectivity index (χ0v) is 15.3. The van der Waals surface area contributed by atoms with Gasteiger partial charge >= 0.3 is 0 Å². The van der Waals surface area contributed by atoms with E-state index in [1.807, 2.05) is 4.90 Å². The van der Waals surface area contributed by atoms with E-state index in [4.69, 9.17) is 14.2 Å². The molecule has 0 saturated carbocycles. The number of carbonyl (C=O) groups excluding carboxylic acids is 1. The maximum atomic E-state index is 13.1. The van der Waals surface area contributed by atoms with E-state index in [2.05, 4.69) is 30.5 Å². The maximum absolute atomic E-state index is 13.1. The van der Waals surface area contributed by atoms with Crippen molar-refractivity contribution in [2.45, 2.75) is 26.4 Å². The van der Waals surface area contributed by atoms with E-state index in [1.54, 1.807) is 33.5 Å². The molecule has 6 nitrogen and oxygen atoms in total. The summed E-state index contributed by atoms with van der Waals surface area (Å²) < 4.78 is 18.3. The summed E-state index contributed by atoms with van der Waals surface area (Å²) in [6.45, 7) is 5.61. The van der Waals surface area contributed by atoms with Gasteiger partial charge in [0, 0.05) is 30.0 Å². The van der Waals surface area contributed by atoms with Crippen LogP contribution in [0.1, 0.15) is 34.7 Å². The molecule has 1 aromatic carbocycles. The lowest BCUT2D eigenvalue weighted by Crippen LogP contribution is -2.41. The molecule has 134 valence electrons. The lowest BCUT2D eigenvalue weighted by molar-refractivity contribution is 0.0642. The molecule has 0 fully saturated rings. The van der Waals surface area contributed by atoms with Crippen LogP contribution in [0.15, 0.2) is 24.3 Å². The molecule has 25 heavy (non-hydrogen) atoms. The molecule has 0 saturated heterocycles. The van der Waals surface area contributed by atoms with Crippen molar-refractivity contribution in [3.8, 4) is 17.2 Å². The normalized spacial score (nSPS) is 16.4.